The first-order chi connectivity index (χ1) is 20.2. The highest BCUT2D eigenvalue weighted by molar-refractivity contribution is 6.31. The van der Waals surface area contributed by atoms with Crippen LogP contribution in [-0.2, 0) is 23.8 Å². The number of carbonyl (C=O) groups excluding carboxylic acids is 2. The highest BCUT2D eigenvalue weighted by atomic mass is 35.5. The number of aliphatic imine (C=N–C) groups is 1. The van der Waals surface area contributed by atoms with Gasteiger partial charge in [-0.25, -0.2) is 9.78 Å². The van der Waals surface area contributed by atoms with Crippen LogP contribution < -0.4 is 15.4 Å². The number of esters is 2. The molecule has 2 unspecified atom stereocenters. The molecular weight excluding hydrogens is 562 g/mol. The highest BCUT2D eigenvalue weighted by Gasteiger charge is 2.43. The zero-order valence-corrected chi connectivity index (χ0v) is 25.0. The maximum atomic E-state index is 13.3. The molecule has 1 aliphatic heterocycles. The number of benzene rings is 2. The monoisotopic (exact) mass is 595 g/mol. The molecule has 0 aliphatic carbocycles. The van der Waals surface area contributed by atoms with E-state index in [0.29, 0.717) is 57.0 Å². The number of ether oxygens (including phenoxy) is 4. The fraction of sp³-hybridized carbons (Fsp3) is 0.367. The number of halogens is 1. The Morgan fingerprint density at radius 1 is 1.12 bits per heavy atom. The summed E-state index contributed by atoms with van der Waals surface area (Å²) in [6.07, 6.45) is 0. The lowest BCUT2D eigenvalue weighted by Crippen LogP contribution is -2.37. The van der Waals surface area contributed by atoms with Gasteiger partial charge in [-0.2, -0.15) is 4.98 Å². The average Bonchev–Trinajstić information content (AvgIpc) is 2.98. The molecule has 2 heterocycles. The van der Waals surface area contributed by atoms with E-state index >= 15 is 0 Å². The Balaban J connectivity index is 1.57. The van der Waals surface area contributed by atoms with Gasteiger partial charge in [0.1, 0.15) is 17.5 Å². The van der Waals surface area contributed by atoms with Crippen molar-refractivity contribution in [3.8, 4) is 5.75 Å². The topological polar surface area (TPSA) is 138 Å². The van der Waals surface area contributed by atoms with Gasteiger partial charge >= 0.3 is 11.9 Å². The Morgan fingerprint density at radius 2 is 1.88 bits per heavy atom. The van der Waals surface area contributed by atoms with Crippen molar-refractivity contribution in [2.24, 2.45) is 10.9 Å². The third-order valence-electron chi connectivity index (χ3n) is 6.98. The van der Waals surface area contributed by atoms with E-state index in [-0.39, 0.29) is 25.4 Å². The van der Waals surface area contributed by atoms with E-state index in [2.05, 4.69) is 15.0 Å². The number of aromatic nitrogens is 2. The molecule has 12 heteroatoms. The summed E-state index contributed by atoms with van der Waals surface area (Å²) >= 11 is 6.57. The van der Waals surface area contributed by atoms with Crippen molar-refractivity contribution < 1.29 is 28.5 Å². The first-order valence-corrected chi connectivity index (χ1v) is 13.8. The molecule has 0 fully saturated rings. The van der Waals surface area contributed by atoms with Gasteiger partial charge in [0.2, 0.25) is 5.95 Å². The van der Waals surface area contributed by atoms with Gasteiger partial charge in [0, 0.05) is 35.6 Å². The fourth-order valence-corrected chi connectivity index (χ4v) is 5.13. The van der Waals surface area contributed by atoms with Gasteiger partial charge in [-0.1, -0.05) is 29.8 Å². The molecule has 1 aliphatic rings. The van der Waals surface area contributed by atoms with E-state index in [1.165, 1.54) is 7.11 Å². The van der Waals surface area contributed by atoms with Crippen LogP contribution >= 0.6 is 11.6 Å². The van der Waals surface area contributed by atoms with E-state index in [9.17, 15) is 9.59 Å². The number of carbonyl (C=O) groups is 2. The van der Waals surface area contributed by atoms with Crippen molar-refractivity contribution >= 4 is 51.9 Å². The minimum atomic E-state index is -0.861. The summed E-state index contributed by atoms with van der Waals surface area (Å²) in [5.41, 5.74) is 8.52. The molecule has 222 valence electrons. The van der Waals surface area contributed by atoms with Crippen LogP contribution in [0.5, 0.6) is 5.75 Å². The molecule has 2 aromatic carbocycles. The number of nitrogens with zero attached hydrogens (tertiary/aromatic N) is 4. The minimum Gasteiger partial charge on any atom is -0.497 e. The number of hydrogen-bond donors (Lipinski definition) is 1. The smallest absolute Gasteiger partial charge is 0.336 e. The number of hydrogen-bond acceptors (Lipinski definition) is 11. The van der Waals surface area contributed by atoms with Crippen LogP contribution in [0.25, 0.3) is 10.9 Å². The van der Waals surface area contributed by atoms with E-state index in [1.54, 1.807) is 51.3 Å². The number of rotatable bonds is 11. The molecule has 0 saturated carbocycles. The number of anilines is 2. The van der Waals surface area contributed by atoms with Crippen LogP contribution in [0.2, 0.25) is 5.02 Å². The Labute approximate surface area is 249 Å². The van der Waals surface area contributed by atoms with E-state index in [1.807, 2.05) is 24.1 Å². The van der Waals surface area contributed by atoms with Crippen molar-refractivity contribution in [1.82, 2.24) is 9.97 Å². The Kier molecular flexibility index (Phi) is 9.97. The number of likely N-dealkylation sites (N-methyl/N-ethyl adjacent to an activating group) is 1. The van der Waals surface area contributed by atoms with Crippen molar-refractivity contribution in [2.75, 3.05) is 58.3 Å². The molecule has 42 heavy (non-hydrogen) atoms. The second-order valence-electron chi connectivity index (χ2n) is 9.60. The van der Waals surface area contributed by atoms with E-state index in [4.69, 9.17) is 36.3 Å². The third-order valence-corrected chi connectivity index (χ3v) is 7.32. The number of nitrogen functional groups attached to an aromatic ring is 1. The third kappa shape index (κ3) is 6.47. The summed E-state index contributed by atoms with van der Waals surface area (Å²) in [6.45, 7) is 4.25. The molecule has 2 N–H and O–H groups in total. The van der Waals surface area contributed by atoms with Gasteiger partial charge in [0.05, 0.1) is 50.8 Å². The van der Waals surface area contributed by atoms with Crippen LogP contribution in [0.4, 0.5) is 11.8 Å². The molecule has 0 spiro atoms. The van der Waals surface area contributed by atoms with Crippen molar-refractivity contribution in [2.45, 2.75) is 19.8 Å². The zero-order valence-electron chi connectivity index (χ0n) is 24.2. The Morgan fingerprint density at radius 3 is 2.57 bits per heavy atom. The highest BCUT2D eigenvalue weighted by Crippen LogP contribution is 2.42. The lowest BCUT2D eigenvalue weighted by Gasteiger charge is -2.32. The SMILES string of the molecule is CCOC(=O)C1=C(COCCN(C)c2nc(N)c3cc(OC)ccc3n2)N=C(C)C(C(=O)OC)C1c1ccccc1Cl. The molecule has 2 atom stereocenters. The van der Waals surface area contributed by atoms with Crippen molar-refractivity contribution in [3.63, 3.8) is 0 Å². The lowest BCUT2D eigenvalue weighted by molar-refractivity contribution is -0.144. The minimum absolute atomic E-state index is 0.00527. The maximum Gasteiger partial charge on any atom is 0.336 e. The quantitative estimate of drug-likeness (QED) is 0.253. The second kappa shape index (κ2) is 13.6. The standard InChI is InChI=1S/C30H34ClN5O6/c1-6-42-29(38)26-23(33-17(2)24(28(37)40-5)25(26)19-9-7-8-10-21(19)31)16-41-14-13-36(3)30-34-22-12-11-18(39-4)15-20(22)27(32)35-30/h7-12,15,24-25H,6,13-14,16H2,1-5H3,(H2,32,34,35). The largest absolute Gasteiger partial charge is 0.497 e. The molecule has 0 bridgehead atoms. The summed E-state index contributed by atoms with van der Waals surface area (Å²) in [4.78, 5) is 41.7. The predicted molar refractivity (Wildman–Crippen MR) is 161 cm³/mol. The summed E-state index contributed by atoms with van der Waals surface area (Å²) in [5.74, 6) is -1.32. The number of fused-ring (bicyclic) bond motifs is 1. The van der Waals surface area contributed by atoms with E-state index in [0.717, 1.165) is 0 Å². The Hall–Kier alpha value is -4.22. The zero-order chi connectivity index (χ0) is 30.4. The Bertz CT molecular complexity index is 1540. The molecule has 0 saturated heterocycles. The molecular formula is C30H34ClN5O6. The van der Waals surface area contributed by atoms with Crippen LogP contribution in [-0.4, -0.2) is 75.3 Å². The van der Waals surface area contributed by atoms with Gasteiger partial charge in [-0.15, -0.1) is 0 Å². The number of methoxy groups -OCH3 is 2. The molecule has 11 nitrogen and oxygen atoms in total. The van der Waals surface area contributed by atoms with Crippen molar-refractivity contribution in [1.29, 1.82) is 0 Å². The average molecular weight is 596 g/mol. The number of nitrogens with two attached hydrogens (primary N) is 1. The van der Waals surface area contributed by atoms with Crippen LogP contribution in [0.3, 0.4) is 0 Å². The summed E-state index contributed by atoms with van der Waals surface area (Å²) in [7, 11) is 4.71. The van der Waals surface area contributed by atoms with Gasteiger partial charge in [0.15, 0.2) is 0 Å². The molecule has 0 radical (unpaired) electrons. The molecule has 4 rings (SSSR count). The van der Waals surface area contributed by atoms with Crippen LogP contribution in [0.1, 0.15) is 25.3 Å². The normalized spacial score (nSPS) is 16.7. The molecule has 1 aromatic heterocycles. The van der Waals surface area contributed by atoms with Gasteiger partial charge in [0.25, 0.3) is 0 Å². The fourth-order valence-electron chi connectivity index (χ4n) is 4.88. The summed E-state index contributed by atoms with van der Waals surface area (Å²) in [5, 5.41) is 1.10. The van der Waals surface area contributed by atoms with Gasteiger partial charge in [-0.05, 0) is 43.7 Å². The summed E-state index contributed by atoms with van der Waals surface area (Å²) < 4.78 is 21.7. The van der Waals surface area contributed by atoms with Crippen molar-refractivity contribution in [3.05, 3.63) is 64.3 Å². The summed E-state index contributed by atoms with van der Waals surface area (Å²) in [6, 6.07) is 12.5. The molecule has 3 aromatic rings. The van der Waals surface area contributed by atoms with Gasteiger partial charge < -0.3 is 29.6 Å². The second-order valence-corrected chi connectivity index (χ2v) is 10.0. The van der Waals surface area contributed by atoms with Gasteiger partial charge in [-0.3, -0.25) is 9.79 Å². The van der Waals surface area contributed by atoms with Crippen LogP contribution in [0, 0.1) is 5.92 Å². The maximum absolute atomic E-state index is 13.3. The predicted octanol–water partition coefficient (Wildman–Crippen LogP) is 4.19. The first-order valence-electron chi connectivity index (χ1n) is 13.4. The lowest BCUT2D eigenvalue weighted by atomic mass is 9.75. The first kappa shape index (κ1) is 30.7. The van der Waals surface area contributed by atoms with Crippen LogP contribution in [0.15, 0.2) is 58.7 Å². The van der Waals surface area contributed by atoms with E-state index < -0.39 is 23.8 Å². The molecule has 0 amide bonds.